The smallest absolute Gasteiger partial charge is 0.308 e. The van der Waals surface area contributed by atoms with E-state index in [0.717, 1.165) is 39.4 Å². The first-order valence-electron chi connectivity index (χ1n) is 8.06. The molecule has 0 aliphatic rings. The molecule has 3 rings (SSSR count). The van der Waals surface area contributed by atoms with Crippen molar-refractivity contribution in [2.45, 2.75) is 27.3 Å². The van der Waals surface area contributed by atoms with Gasteiger partial charge >= 0.3 is 4.87 Å². The predicted molar refractivity (Wildman–Crippen MR) is 103 cm³/mol. The number of benzene rings is 2. The van der Waals surface area contributed by atoms with E-state index in [-0.39, 0.29) is 17.3 Å². The third-order valence-electron chi connectivity index (χ3n) is 4.22. The minimum absolute atomic E-state index is 0.00152. The zero-order valence-electron chi connectivity index (χ0n) is 14.5. The van der Waals surface area contributed by atoms with Gasteiger partial charge < -0.3 is 5.32 Å². The summed E-state index contributed by atoms with van der Waals surface area (Å²) in [5.41, 5.74) is 5.89. The van der Waals surface area contributed by atoms with Crippen molar-refractivity contribution in [3.05, 3.63) is 74.2 Å². The lowest BCUT2D eigenvalue weighted by atomic mass is 10.1. The maximum Gasteiger partial charge on any atom is 0.308 e. The van der Waals surface area contributed by atoms with Crippen LogP contribution in [0.3, 0.4) is 0 Å². The molecule has 0 radical (unpaired) electrons. The second-order valence-corrected chi connectivity index (χ2v) is 7.01. The minimum Gasteiger partial charge on any atom is -0.325 e. The van der Waals surface area contributed by atoms with Crippen LogP contribution in [0, 0.1) is 20.8 Å². The molecule has 128 valence electrons. The molecule has 0 spiro atoms. The van der Waals surface area contributed by atoms with Crippen molar-refractivity contribution in [3.8, 4) is 11.3 Å². The number of hydrogen-bond donors (Lipinski definition) is 1. The van der Waals surface area contributed by atoms with E-state index in [1.54, 1.807) is 5.38 Å². The summed E-state index contributed by atoms with van der Waals surface area (Å²) < 4.78 is 1.52. The number of hydrogen-bond acceptors (Lipinski definition) is 3. The zero-order valence-corrected chi connectivity index (χ0v) is 15.3. The van der Waals surface area contributed by atoms with Gasteiger partial charge in [0.1, 0.15) is 6.54 Å². The van der Waals surface area contributed by atoms with Gasteiger partial charge in [0.2, 0.25) is 5.91 Å². The third-order valence-corrected chi connectivity index (χ3v) is 4.99. The Morgan fingerprint density at radius 1 is 1.04 bits per heavy atom. The number of aryl methyl sites for hydroxylation is 3. The number of aromatic nitrogens is 1. The van der Waals surface area contributed by atoms with Crippen molar-refractivity contribution in [1.29, 1.82) is 0 Å². The van der Waals surface area contributed by atoms with Gasteiger partial charge in [0.05, 0.1) is 5.69 Å². The number of carbonyl (C=O) groups is 1. The molecule has 0 atom stereocenters. The lowest BCUT2D eigenvalue weighted by Gasteiger charge is -2.10. The highest BCUT2D eigenvalue weighted by atomic mass is 32.1. The molecule has 0 bridgehead atoms. The summed E-state index contributed by atoms with van der Waals surface area (Å²) in [4.78, 5) is 24.4. The average molecular weight is 352 g/mol. The Morgan fingerprint density at radius 3 is 2.44 bits per heavy atom. The second-order valence-electron chi connectivity index (χ2n) is 6.19. The molecular formula is C20H20N2O2S. The van der Waals surface area contributed by atoms with E-state index in [9.17, 15) is 9.59 Å². The zero-order chi connectivity index (χ0) is 18.0. The maximum absolute atomic E-state index is 12.4. The number of thiazole rings is 1. The van der Waals surface area contributed by atoms with E-state index in [0.29, 0.717) is 0 Å². The lowest BCUT2D eigenvalue weighted by molar-refractivity contribution is -0.116. The van der Waals surface area contributed by atoms with Gasteiger partial charge in [-0.3, -0.25) is 14.2 Å². The van der Waals surface area contributed by atoms with Crippen LogP contribution >= 0.6 is 11.3 Å². The predicted octanol–water partition coefficient (Wildman–Crippen LogP) is 4.14. The standard InChI is InChI=1S/C20H20N2O2S/c1-13-4-7-16(8-5-13)18-12-25-20(24)22(18)11-19(23)21-17-9-6-14(2)15(3)10-17/h4-10,12H,11H2,1-3H3,(H,21,23). The Bertz CT molecular complexity index is 968. The van der Waals surface area contributed by atoms with Crippen LogP contribution in [0.25, 0.3) is 11.3 Å². The summed E-state index contributed by atoms with van der Waals surface area (Å²) >= 11 is 1.11. The van der Waals surface area contributed by atoms with Gasteiger partial charge in [0.25, 0.3) is 0 Å². The van der Waals surface area contributed by atoms with Crippen molar-refractivity contribution in [2.75, 3.05) is 5.32 Å². The summed E-state index contributed by atoms with van der Waals surface area (Å²) in [5.74, 6) is -0.211. The third kappa shape index (κ3) is 3.88. The van der Waals surface area contributed by atoms with E-state index in [1.165, 1.54) is 10.1 Å². The van der Waals surface area contributed by atoms with Crippen molar-refractivity contribution < 1.29 is 4.79 Å². The molecule has 2 aromatic carbocycles. The van der Waals surface area contributed by atoms with Gasteiger partial charge in [0, 0.05) is 11.1 Å². The Hall–Kier alpha value is -2.66. The number of anilines is 1. The summed E-state index contributed by atoms with van der Waals surface area (Å²) in [6.45, 7) is 6.05. The Morgan fingerprint density at radius 2 is 1.76 bits per heavy atom. The molecule has 1 heterocycles. The Balaban J connectivity index is 1.81. The van der Waals surface area contributed by atoms with Crippen LogP contribution in [0.4, 0.5) is 5.69 Å². The Labute approximate surface area is 150 Å². The fourth-order valence-electron chi connectivity index (χ4n) is 2.59. The molecule has 25 heavy (non-hydrogen) atoms. The highest BCUT2D eigenvalue weighted by Crippen LogP contribution is 2.21. The molecule has 1 aromatic heterocycles. The normalized spacial score (nSPS) is 10.7. The monoisotopic (exact) mass is 352 g/mol. The van der Waals surface area contributed by atoms with Crippen LogP contribution in [-0.4, -0.2) is 10.5 Å². The van der Waals surface area contributed by atoms with Crippen molar-refractivity contribution in [2.24, 2.45) is 0 Å². The van der Waals surface area contributed by atoms with Crippen LogP contribution in [0.15, 0.2) is 52.6 Å². The Kier molecular flexibility index (Phi) is 4.86. The molecule has 0 saturated heterocycles. The number of rotatable bonds is 4. The van der Waals surface area contributed by atoms with Crippen molar-refractivity contribution >= 4 is 22.9 Å². The topological polar surface area (TPSA) is 51.1 Å². The fraction of sp³-hybridized carbons (Fsp3) is 0.200. The van der Waals surface area contributed by atoms with Gasteiger partial charge in [-0.15, -0.1) is 0 Å². The van der Waals surface area contributed by atoms with Gasteiger partial charge in [-0.2, -0.15) is 0 Å². The molecule has 0 saturated carbocycles. The lowest BCUT2D eigenvalue weighted by Crippen LogP contribution is -2.25. The fourth-order valence-corrected chi connectivity index (χ4v) is 3.36. The second kappa shape index (κ2) is 7.07. The highest BCUT2D eigenvalue weighted by molar-refractivity contribution is 7.07. The molecule has 0 aliphatic carbocycles. The molecular weight excluding hydrogens is 332 g/mol. The maximum atomic E-state index is 12.4. The average Bonchev–Trinajstić information content (AvgIpc) is 2.93. The number of amides is 1. The molecule has 5 heteroatoms. The minimum atomic E-state index is -0.211. The van der Waals surface area contributed by atoms with Crippen LogP contribution in [-0.2, 0) is 11.3 Å². The van der Waals surface area contributed by atoms with E-state index in [2.05, 4.69) is 5.32 Å². The SMILES string of the molecule is Cc1ccc(-c2csc(=O)n2CC(=O)Nc2ccc(C)c(C)c2)cc1. The van der Waals surface area contributed by atoms with Crippen LogP contribution in [0.2, 0.25) is 0 Å². The van der Waals surface area contributed by atoms with E-state index >= 15 is 0 Å². The summed E-state index contributed by atoms with van der Waals surface area (Å²) in [6, 6.07) is 13.7. The van der Waals surface area contributed by atoms with Gasteiger partial charge in [0.15, 0.2) is 0 Å². The van der Waals surface area contributed by atoms with Crippen molar-refractivity contribution in [1.82, 2.24) is 4.57 Å². The van der Waals surface area contributed by atoms with E-state index in [1.807, 2.05) is 63.2 Å². The number of nitrogens with zero attached hydrogens (tertiary/aromatic N) is 1. The number of carbonyl (C=O) groups excluding carboxylic acids is 1. The largest absolute Gasteiger partial charge is 0.325 e. The summed E-state index contributed by atoms with van der Waals surface area (Å²) in [5, 5.41) is 4.67. The first kappa shape index (κ1) is 17.2. The molecule has 1 amide bonds. The first-order chi connectivity index (χ1) is 11.9. The van der Waals surface area contributed by atoms with Crippen LogP contribution < -0.4 is 10.2 Å². The van der Waals surface area contributed by atoms with Crippen LogP contribution in [0.1, 0.15) is 16.7 Å². The molecule has 0 unspecified atom stereocenters. The van der Waals surface area contributed by atoms with E-state index < -0.39 is 0 Å². The number of nitrogens with one attached hydrogen (secondary N) is 1. The molecule has 3 aromatic rings. The van der Waals surface area contributed by atoms with Gasteiger partial charge in [-0.1, -0.05) is 47.2 Å². The quantitative estimate of drug-likeness (QED) is 0.767. The molecule has 0 fully saturated rings. The van der Waals surface area contributed by atoms with Gasteiger partial charge in [-0.25, -0.2) is 0 Å². The summed E-state index contributed by atoms with van der Waals surface area (Å²) in [7, 11) is 0. The van der Waals surface area contributed by atoms with Gasteiger partial charge in [-0.05, 0) is 49.6 Å². The van der Waals surface area contributed by atoms with Crippen LogP contribution in [0.5, 0.6) is 0 Å². The molecule has 0 aliphatic heterocycles. The summed E-state index contributed by atoms with van der Waals surface area (Å²) in [6.07, 6.45) is 0. The first-order valence-corrected chi connectivity index (χ1v) is 8.94. The molecule has 1 N–H and O–H groups in total. The van der Waals surface area contributed by atoms with Crippen molar-refractivity contribution in [3.63, 3.8) is 0 Å². The van der Waals surface area contributed by atoms with E-state index in [4.69, 9.17) is 0 Å². The highest BCUT2D eigenvalue weighted by Gasteiger charge is 2.13. The molecule has 4 nitrogen and oxygen atoms in total.